The number of rotatable bonds is 6. The second-order valence-electron chi connectivity index (χ2n) is 5.26. The molecule has 0 radical (unpaired) electrons. The topological polar surface area (TPSA) is 62.5 Å². The van der Waals surface area contributed by atoms with Crippen molar-refractivity contribution in [3.63, 3.8) is 0 Å². The van der Waals surface area contributed by atoms with E-state index in [0.717, 1.165) is 11.1 Å². The van der Waals surface area contributed by atoms with Gasteiger partial charge in [-0.05, 0) is 35.9 Å². The highest BCUT2D eigenvalue weighted by Gasteiger charge is 2.10. The Balaban J connectivity index is 1.78. The minimum absolute atomic E-state index is 0.196. The molecule has 1 heterocycles. The van der Waals surface area contributed by atoms with Gasteiger partial charge in [0, 0.05) is 17.0 Å². The molecule has 122 valence electrons. The van der Waals surface area contributed by atoms with Crippen LogP contribution in [0.25, 0.3) is 0 Å². The van der Waals surface area contributed by atoms with E-state index in [4.69, 9.17) is 20.8 Å². The zero-order valence-electron chi connectivity index (χ0n) is 12.7. The van der Waals surface area contributed by atoms with Crippen molar-refractivity contribution in [2.45, 2.75) is 13.0 Å². The number of carbonyl (C=O) groups is 1. The fourth-order valence-corrected chi connectivity index (χ4v) is 2.53. The molecular formula is C19H14ClO4-. The summed E-state index contributed by atoms with van der Waals surface area (Å²) in [6, 6.07) is 18.1. The highest BCUT2D eigenvalue weighted by molar-refractivity contribution is 6.30. The standard InChI is InChI=1S/C19H15ClO4/c20-15-6-8-17(23-12-13-4-2-1-3-5-13)14(10-15)11-16-7-9-18(24-16)19(21)22/h1-10H,11-12H2,(H,21,22)/p-1. The Morgan fingerprint density at radius 1 is 1.08 bits per heavy atom. The summed E-state index contributed by atoms with van der Waals surface area (Å²) in [5.74, 6) is -0.359. The van der Waals surface area contributed by atoms with Gasteiger partial charge in [0.25, 0.3) is 0 Å². The van der Waals surface area contributed by atoms with Crippen molar-refractivity contribution >= 4 is 17.6 Å². The second kappa shape index (κ2) is 7.23. The van der Waals surface area contributed by atoms with Crippen molar-refractivity contribution < 1.29 is 19.1 Å². The van der Waals surface area contributed by atoms with Gasteiger partial charge in [0.05, 0.1) is 0 Å². The van der Waals surface area contributed by atoms with Crippen LogP contribution in [0.4, 0.5) is 0 Å². The summed E-state index contributed by atoms with van der Waals surface area (Å²) in [5, 5.41) is 11.4. The van der Waals surface area contributed by atoms with Crippen LogP contribution >= 0.6 is 11.6 Å². The Bertz CT molecular complexity index is 840. The van der Waals surface area contributed by atoms with Gasteiger partial charge < -0.3 is 19.1 Å². The summed E-state index contributed by atoms with van der Waals surface area (Å²) in [6.45, 7) is 0.428. The molecule has 3 rings (SSSR count). The predicted octanol–water partition coefficient (Wildman–Crippen LogP) is 3.47. The number of hydrogen-bond acceptors (Lipinski definition) is 4. The first-order valence-corrected chi connectivity index (χ1v) is 7.75. The van der Waals surface area contributed by atoms with E-state index in [1.165, 1.54) is 6.07 Å². The van der Waals surface area contributed by atoms with E-state index in [0.29, 0.717) is 29.6 Å². The first-order valence-electron chi connectivity index (χ1n) is 7.37. The maximum Gasteiger partial charge on any atom is 0.149 e. The van der Waals surface area contributed by atoms with Crippen LogP contribution in [0.2, 0.25) is 5.02 Å². The predicted molar refractivity (Wildman–Crippen MR) is 88.1 cm³/mol. The summed E-state index contributed by atoms with van der Waals surface area (Å²) < 4.78 is 11.1. The summed E-state index contributed by atoms with van der Waals surface area (Å²) in [5.41, 5.74) is 1.87. The van der Waals surface area contributed by atoms with Crippen molar-refractivity contribution in [2.75, 3.05) is 0 Å². The molecule has 0 spiro atoms. The molecular weight excluding hydrogens is 328 g/mol. The summed E-state index contributed by atoms with van der Waals surface area (Å²) in [4.78, 5) is 10.8. The van der Waals surface area contributed by atoms with Gasteiger partial charge in [0.1, 0.15) is 29.8 Å². The van der Waals surface area contributed by atoms with Crippen molar-refractivity contribution in [3.8, 4) is 5.75 Å². The number of hydrogen-bond donors (Lipinski definition) is 0. The molecule has 0 fully saturated rings. The molecule has 3 aromatic rings. The molecule has 0 aliphatic carbocycles. The molecule has 0 bridgehead atoms. The lowest BCUT2D eigenvalue weighted by atomic mass is 10.1. The Hall–Kier alpha value is -2.72. The first-order chi connectivity index (χ1) is 11.6. The summed E-state index contributed by atoms with van der Waals surface area (Å²) >= 11 is 6.07. The zero-order chi connectivity index (χ0) is 16.9. The van der Waals surface area contributed by atoms with E-state index in [2.05, 4.69) is 0 Å². The minimum Gasteiger partial charge on any atom is -0.542 e. The number of carbonyl (C=O) groups excluding carboxylic acids is 1. The Morgan fingerprint density at radius 3 is 2.58 bits per heavy atom. The molecule has 0 atom stereocenters. The molecule has 4 nitrogen and oxygen atoms in total. The maximum absolute atomic E-state index is 10.8. The zero-order valence-corrected chi connectivity index (χ0v) is 13.5. The largest absolute Gasteiger partial charge is 0.542 e. The molecule has 2 aromatic carbocycles. The Morgan fingerprint density at radius 2 is 1.88 bits per heavy atom. The van der Waals surface area contributed by atoms with E-state index in [-0.39, 0.29) is 5.76 Å². The lowest BCUT2D eigenvalue weighted by Gasteiger charge is -2.11. The monoisotopic (exact) mass is 341 g/mol. The van der Waals surface area contributed by atoms with Gasteiger partial charge in [-0.3, -0.25) is 0 Å². The average molecular weight is 342 g/mol. The smallest absolute Gasteiger partial charge is 0.149 e. The number of carboxylic acids is 1. The van der Waals surface area contributed by atoms with Gasteiger partial charge in [-0.2, -0.15) is 0 Å². The molecule has 0 amide bonds. The number of aromatic carboxylic acids is 1. The van der Waals surface area contributed by atoms with Crippen LogP contribution in [-0.2, 0) is 13.0 Å². The van der Waals surface area contributed by atoms with Crippen LogP contribution in [0.5, 0.6) is 5.75 Å². The Kier molecular flexibility index (Phi) is 4.87. The number of halogens is 1. The summed E-state index contributed by atoms with van der Waals surface area (Å²) in [7, 11) is 0. The maximum atomic E-state index is 10.8. The van der Waals surface area contributed by atoms with Gasteiger partial charge in [0.2, 0.25) is 0 Å². The first kappa shape index (κ1) is 16.1. The summed E-state index contributed by atoms with van der Waals surface area (Å²) in [6.07, 6.45) is 0.373. The van der Waals surface area contributed by atoms with Crippen LogP contribution in [0, 0.1) is 0 Å². The SMILES string of the molecule is O=C([O-])c1ccc(Cc2cc(Cl)ccc2OCc2ccccc2)o1. The molecule has 0 saturated carbocycles. The molecule has 5 heteroatoms. The average Bonchev–Trinajstić information content (AvgIpc) is 3.04. The third-order valence-electron chi connectivity index (χ3n) is 3.49. The number of furan rings is 1. The van der Waals surface area contributed by atoms with Gasteiger partial charge in [-0.15, -0.1) is 0 Å². The third-order valence-corrected chi connectivity index (χ3v) is 3.72. The fourth-order valence-electron chi connectivity index (χ4n) is 2.33. The Labute approximate surface area is 144 Å². The lowest BCUT2D eigenvalue weighted by molar-refractivity contribution is -0.257. The van der Waals surface area contributed by atoms with Crippen molar-refractivity contribution in [2.24, 2.45) is 0 Å². The van der Waals surface area contributed by atoms with Crippen molar-refractivity contribution in [3.05, 3.63) is 88.3 Å². The van der Waals surface area contributed by atoms with Crippen LogP contribution < -0.4 is 9.84 Å². The fraction of sp³-hybridized carbons (Fsp3) is 0.105. The third kappa shape index (κ3) is 3.97. The van der Waals surface area contributed by atoms with Crippen LogP contribution in [0.15, 0.2) is 65.1 Å². The van der Waals surface area contributed by atoms with Crippen LogP contribution in [0.1, 0.15) is 27.4 Å². The number of carboxylic acid groups (broad SMARTS) is 1. The van der Waals surface area contributed by atoms with Gasteiger partial charge >= 0.3 is 0 Å². The molecule has 0 N–H and O–H groups in total. The van der Waals surface area contributed by atoms with Crippen LogP contribution in [-0.4, -0.2) is 5.97 Å². The van der Waals surface area contributed by atoms with Crippen molar-refractivity contribution in [1.82, 2.24) is 0 Å². The van der Waals surface area contributed by atoms with E-state index in [9.17, 15) is 9.90 Å². The van der Waals surface area contributed by atoms with E-state index < -0.39 is 5.97 Å². The second-order valence-corrected chi connectivity index (χ2v) is 5.69. The van der Waals surface area contributed by atoms with E-state index in [1.807, 2.05) is 30.3 Å². The van der Waals surface area contributed by atoms with Gasteiger partial charge in [-0.1, -0.05) is 41.9 Å². The number of benzene rings is 2. The molecule has 0 saturated heterocycles. The minimum atomic E-state index is -1.34. The van der Waals surface area contributed by atoms with Crippen molar-refractivity contribution in [1.29, 1.82) is 0 Å². The molecule has 0 aliphatic rings. The molecule has 1 aromatic heterocycles. The quantitative estimate of drug-likeness (QED) is 0.688. The molecule has 24 heavy (non-hydrogen) atoms. The number of ether oxygens (including phenoxy) is 1. The van der Waals surface area contributed by atoms with Gasteiger partial charge in [-0.25, -0.2) is 0 Å². The molecule has 0 unspecified atom stereocenters. The highest BCUT2D eigenvalue weighted by Crippen LogP contribution is 2.27. The highest BCUT2D eigenvalue weighted by atomic mass is 35.5. The molecule has 0 aliphatic heterocycles. The lowest BCUT2D eigenvalue weighted by Crippen LogP contribution is -2.21. The van der Waals surface area contributed by atoms with E-state index in [1.54, 1.807) is 24.3 Å². The van der Waals surface area contributed by atoms with E-state index >= 15 is 0 Å². The van der Waals surface area contributed by atoms with Crippen LogP contribution in [0.3, 0.4) is 0 Å². The normalized spacial score (nSPS) is 10.5. The van der Waals surface area contributed by atoms with Gasteiger partial charge in [0.15, 0.2) is 0 Å².